The Morgan fingerprint density at radius 2 is 1.71 bits per heavy atom. The molecule has 1 aliphatic heterocycles. The molecule has 1 unspecified atom stereocenters. The van der Waals surface area contributed by atoms with Crippen molar-refractivity contribution in [2.75, 3.05) is 24.7 Å². The Kier molecular flexibility index (Phi) is 6.17. The van der Waals surface area contributed by atoms with Crippen LogP contribution in [-0.2, 0) is 12.0 Å². The molecule has 5 rings (SSSR count). The van der Waals surface area contributed by atoms with Gasteiger partial charge in [-0.05, 0) is 35.8 Å². The third-order valence-corrected chi connectivity index (χ3v) is 7.25. The van der Waals surface area contributed by atoms with Gasteiger partial charge in [-0.2, -0.15) is 0 Å². The van der Waals surface area contributed by atoms with Crippen LogP contribution in [0.15, 0.2) is 71.8 Å². The van der Waals surface area contributed by atoms with E-state index in [9.17, 15) is 10.2 Å². The lowest BCUT2D eigenvalue weighted by Crippen LogP contribution is -2.44. The molecule has 1 aliphatic rings. The minimum absolute atomic E-state index is 0.0348. The zero-order chi connectivity index (χ0) is 24.6. The molecule has 6 nitrogen and oxygen atoms in total. The maximum absolute atomic E-state index is 9.78. The summed E-state index contributed by atoms with van der Waals surface area (Å²) >= 11 is 0. The normalized spacial score (nSPS) is 17.7. The summed E-state index contributed by atoms with van der Waals surface area (Å²) in [4.78, 5) is 2.22. The minimum Gasteiger partial charge on any atom is -0.395 e. The number of para-hydroxylation sites is 2. The van der Waals surface area contributed by atoms with Gasteiger partial charge in [0.2, 0.25) is 11.9 Å². The quantitative estimate of drug-likeness (QED) is 0.235. The largest absolute Gasteiger partial charge is 0.395 e. The summed E-state index contributed by atoms with van der Waals surface area (Å²) in [5.74, 6) is 0. The van der Waals surface area contributed by atoms with E-state index in [2.05, 4.69) is 90.9 Å². The predicted molar refractivity (Wildman–Crippen MR) is 144 cm³/mol. The van der Waals surface area contributed by atoms with E-state index in [-0.39, 0.29) is 24.7 Å². The Hall–Kier alpha value is -3.48. The van der Waals surface area contributed by atoms with Gasteiger partial charge in [-0.3, -0.25) is 0 Å². The summed E-state index contributed by atoms with van der Waals surface area (Å²) < 4.78 is 4.08. The lowest BCUT2D eigenvalue weighted by Gasteiger charge is -2.30. The summed E-state index contributed by atoms with van der Waals surface area (Å²) in [5.41, 5.74) is 5.49. The third kappa shape index (κ3) is 3.83. The fourth-order valence-electron chi connectivity index (χ4n) is 5.56. The summed E-state index contributed by atoms with van der Waals surface area (Å²) in [5, 5.41) is 26.8. The van der Waals surface area contributed by atoms with Crippen LogP contribution in [0.25, 0.3) is 21.8 Å². The molecule has 1 atom stereocenters. The van der Waals surface area contributed by atoms with Crippen molar-refractivity contribution in [1.82, 2.24) is 4.57 Å². The number of β-amino-alcohol motifs (C(OH)–C–C–N with tert-alkyl or cyclic N) is 1. The molecule has 0 bridgehead atoms. The van der Waals surface area contributed by atoms with Crippen LogP contribution in [-0.4, -0.2) is 57.7 Å². The molecule has 4 aromatic rings. The van der Waals surface area contributed by atoms with E-state index in [1.165, 1.54) is 27.4 Å². The highest BCUT2D eigenvalue weighted by Crippen LogP contribution is 2.44. The zero-order valence-electron chi connectivity index (χ0n) is 20.6. The SMILES string of the molecule is CCn1c2ccccc2c2cc([N+](=CCO)N=CC3N(CCO)c4ccccc4C3(C)C)ccc21. The molecular formula is C29H33N4O2+. The second-order valence-electron chi connectivity index (χ2n) is 9.54. The van der Waals surface area contributed by atoms with Crippen molar-refractivity contribution in [3.05, 3.63) is 72.3 Å². The van der Waals surface area contributed by atoms with E-state index in [1.54, 1.807) is 10.9 Å². The fourth-order valence-corrected chi connectivity index (χ4v) is 5.56. The highest BCUT2D eigenvalue weighted by atomic mass is 16.3. The molecule has 0 saturated heterocycles. The van der Waals surface area contributed by atoms with Crippen molar-refractivity contribution >= 4 is 45.6 Å². The van der Waals surface area contributed by atoms with Gasteiger partial charge >= 0.3 is 0 Å². The number of hydrazone groups is 1. The van der Waals surface area contributed by atoms with Crippen molar-refractivity contribution in [1.29, 1.82) is 0 Å². The van der Waals surface area contributed by atoms with Gasteiger partial charge < -0.3 is 19.7 Å². The van der Waals surface area contributed by atoms with Gasteiger partial charge in [0.1, 0.15) is 6.61 Å². The van der Waals surface area contributed by atoms with Crippen LogP contribution in [0.1, 0.15) is 26.3 Å². The first-order valence-electron chi connectivity index (χ1n) is 12.3. The molecule has 0 amide bonds. The van der Waals surface area contributed by atoms with Gasteiger partial charge in [0, 0.05) is 58.1 Å². The van der Waals surface area contributed by atoms with Gasteiger partial charge in [-0.1, -0.05) is 54.9 Å². The van der Waals surface area contributed by atoms with Gasteiger partial charge in [0.05, 0.1) is 18.9 Å². The number of aliphatic hydroxyl groups is 2. The molecule has 1 aromatic heterocycles. The molecule has 2 heterocycles. The third-order valence-electron chi connectivity index (χ3n) is 7.25. The molecule has 3 aromatic carbocycles. The topological polar surface area (TPSA) is 64.0 Å². The van der Waals surface area contributed by atoms with E-state index in [0.29, 0.717) is 6.54 Å². The van der Waals surface area contributed by atoms with Crippen LogP contribution < -0.4 is 4.90 Å². The Balaban J connectivity index is 1.56. The van der Waals surface area contributed by atoms with E-state index in [1.807, 2.05) is 12.3 Å². The number of aromatic nitrogens is 1. The van der Waals surface area contributed by atoms with Gasteiger partial charge in [0.15, 0.2) is 0 Å². The van der Waals surface area contributed by atoms with E-state index in [4.69, 9.17) is 5.10 Å². The summed E-state index contributed by atoms with van der Waals surface area (Å²) in [6.45, 7) is 7.96. The summed E-state index contributed by atoms with van der Waals surface area (Å²) in [7, 11) is 0. The van der Waals surface area contributed by atoms with Crippen LogP contribution >= 0.6 is 0 Å². The molecule has 0 radical (unpaired) electrons. The predicted octanol–water partition coefficient (Wildman–Crippen LogP) is 4.67. The number of benzene rings is 3. The lowest BCUT2D eigenvalue weighted by atomic mass is 9.81. The maximum Gasteiger partial charge on any atom is 0.238 e. The molecule has 2 N–H and O–H groups in total. The molecule has 35 heavy (non-hydrogen) atoms. The number of hydrogen-bond acceptors (Lipinski definition) is 4. The zero-order valence-corrected chi connectivity index (χ0v) is 20.6. The average Bonchev–Trinajstić information content (AvgIpc) is 3.30. The molecule has 6 heteroatoms. The van der Waals surface area contributed by atoms with E-state index < -0.39 is 0 Å². The highest BCUT2D eigenvalue weighted by Gasteiger charge is 2.43. The standard InChI is InChI=1S/C29H33N4O2/c1-4-31-25-11-7-5-9-22(25)23-19-21(13-14-26(23)31)33(16-18-35)30-20-28-29(2,3)24-10-6-8-12-27(24)32(28)15-17-34/h5-14,16,19-20,28,34-35H,4,15,17-18H2,1-3H3/q+1. The van der Waals surface area contributed by atoms with Crippen molar-refractivity contribution in [3.8, 4) is 0 Å². The molecular weight excluding hydrogens is 436 g/mol. The summed E-state index contributed by atoms with van der Waals surface area (Å²) in [6, 6.07) is 23.1. The molecule has 0 spiro atoms. The van der Waals surface area contributed by atoms with Crippen LogP contribution in [0.3, 0.4) is 0 Å². The lowest BCUT2D eigenvalue weighted by molar-refractivity contribution is -0.441. The number of hydrogen-bond donors (Lipinski definition) is 2. The smallest absolute Gasteiger partial charge is 0.238 e. The Labute approximate surface area is 206 Å². The monoisotopic (exact) mass is 469 g/mol. The molecule has 180 valence electrons. The number of nitrogens with zero attached hydrogens (tertiary/aromatic N) is 4. The Morgan fingerprint density at radius 1 is 0.971 bits per heavy atom. The van der Waals surface area contributed by atoms with Crippen LogP contribution in [0.5, 0.6) is 0 Å². The highest BCUT2D eigenvalue weighted by molar-refractivity contribution is 6.08. The van der Waals surface area contributed by atoms with Crippen molar-refractivity contribution < 1.29 is 14.9 Å². The van der Waals surface area contributed by atoms with Crippen LogP contribution in [0.4, 0.5) is 11.4 Å². The number of anilines is 1. The second-order valence-corrected chi connectivity index (χ2v) is 9.54. The number of fused-ring (bicyclic) bond motifs is 4. The van der Waals surface area contributed by atoms with Crippen LogP contribution in [0.2, 0.25) is 0 Å². The number of aliphatic hydroxyl groups excluding tert-OH is 2. The Bertz CT molecular complexity index is 1430. The van der Waals surface area contributed by atoms with Crippen molar-refractivity contribution in [2.45, 2.75) is 38.8 Å². The first-order valence-corrected chi connectivity index (χ1v) is 12.3. The second kappa shape index (κ2) is 9.29. The molecule has 0 aliphatic carbocycles. The van der Waals surface area contributed by atoms with E-state index >= 15 is 0 Å². The fraction of sp³-hybridized carbons (Fsp3) is 0.310. The maximum atomic E-state index is 9.78. The molecule has 0 saturated carbocycles. The number of rotatable bonds is 7. The molecule has 0 fully saturated rings. The Morgan fingerprint density at radius 3 is 2.49 bits per heavy atom. The first kappa shape index (κ1) is 23.3. The van der Waals surface area contributed by atoms with Gasteiger partial charge in [-0.15, -0.1) is 0 Å². The van der Waals surface area contributed by atoms with Gasteiger partial charge in [0.25, 0.3) is 0 Å². The average molecular weight is 470 g/mol. The first-order chi connectivity index (χ1) is 17.0. The van der Waals surface area contributed by atoms with Crippen molar-refractivity contribution in [3.63, 3.8) is 0 Å². The van der Waals surface area contributed by atoms with Gasteiger partial charge in [-0.25, -0.2) is 0 Å². The minimum atomic E-state index is -0.182. The van der Waals surface area contributed by atoms with Crippen molar-refractivity contribution in [2.24, 2.45) is 5.10 Å². The van der Waals surface area contributed by atoms with E-state index in [0.717, 1.165) is 17.9 Å². The van der Waals surface area contributed by atoms with Crippen LogP contribution in [0, 0.1) is 0 Å². The summed E-state index contributed by atoms with van der Waals surface area (Å²) in [6.07, 6.45) is 3.63. The number of aryl methyl sites for hydroxylation is 1.